The lowest BCUT2D eigenvalue weighted by Crippen LogP contribution is -2.37. The third-order valence-corrected chi connectivity index (χ3v) is 8.30. The number of aromatic nitrogens is 2. The predicted molar refractivity (Wildman–Crippen MR) is 167 cm³/mol. The minimum absolute atomic E-state index is 1.17. The van der Waals surface area contributed by atoms with Crippen LogP contribution in [-0.2, 0) is 13.0 Å². The molecule has 0 radical (unpaired) electrons. The van der Waals surface area contributed by atoms with Gasteiger partial charge in [0.1, 0.15) is 18.1 Å². The molecule has 0 spiro atoms. The molecule has 0 unspecified atom stereocenters. The third kappa shape index (κ3) is 15.1. The predicted octanol–water partition coefficient (Wildman–Crippen LogP) is 11.3. The molecule has 0 N–H and O–H groups in total. The van der Waals surface area contributed by atoms with Crippen LogP contribution in [0.25, 0.3) is 5.69 Å². The molecule has 0 amide bonds. The van der Waals surface area contributed by atoms with Crippen molar-refractivity contribution in [2.24, 2.45) is 0 Å². The molecule has 0 saturated heterocycles. The Kier molecular flexibility index (Phi) is 20.0. The van der Waals surface area contributed by atoms with Crippen molar-refractivity contribution < 1.29 is 4.57 Å². The fourth-order valence-electron chi connectivity index (χ4n) is 5.82. The van der Waals surface area contributed by atoms with Gasteiger partial charge < -0.3 is 0 Å². The van der Waals surface area contributed by atoms with Gasteiger partial charge in [-0.25, -0.2) is 4.57 Å². The molecule has 0 aliphatic carbocycles. The molecule has 2 heteroatoms. The van der Waals surface area contributed by atoms with E-state index in [4.69, 9.17) is 0 Å². The lowest BCUT2D eigenvalue weighted by atomic mass is 10.0. The van der Waals surface area contributed by atoms with Gasteiger partial charge in [0.05, 0.1) is 6.54 Å². The number of benzene rings is 1. The van der Waals surface area contributed by atoms with Crippen LogP contribution in [0, 0.1) is 0 Å². The van der Waals surface area contributed by atoms with Gasteiger partial charge in [0, 0.05) is 6.42 Å². The van der Waals surface area contributed by atoms with Gasteiger partial charge in [-0.05, 0) is 31.4 Å². The normalized spacial score (nSPS) is 11.4. The molecule has 0 fully saturated rings. The highest BCUT2D eigenvalue weighted by Crippen LogP contribution is 2.16. The number of hydrogen-bond acceptors (Lipinski definition) is 0. The maximum Gasteiger partial charge on any atom is 0.261 e. The number of rotatable bonds is 26. The quantitative estimate of drug-likeness (QED) is 0.0856. The molecular formula is C36H63N2+. The van der Waals surface area contributed by atoms with Crippen molar-refractivity contribution in [2.45, 2.75) is 174 Å². The van der Waals surface area contributed by atoms with E-state index in [1.54, 1.807) is 0 Å². The Bertz CT molecular complexity index is 763. The van der Waals surface area contributed by atoms with Gasteiger partial charge in [0.15, 0.2) is 0 Å². The summed E-state index contributed by atoms with van der Waals surface area (Å²) in [7, 11) is 0. The first-order chi connectivity index (χ1) is 18.9. The molecular weight excluding hydrogens is 460 g/mol. The van der Waals surface area contributed by atoms with Gasteiger partial charge in [-0.15, -0.1) is 0 Å². The number of aryl methyl sites for hydroxylation is 1. The van der Waals surface area contributed by atoms with Crippen molar-refractivity contribution in [3.8, 4) is 5.69 Å². The van der Waals surface area contributed by atoms with Crippen LogP contribution in [0.15, 0.2) is 42.7 Å². The molecule has 1 aromatic heterocycles. The molecule has 38 heavy (non-hydrogen) atoms. The third-order valence-electron chi connectivity index (χ3n) is 8.30. The lowest BCUT2D eigenvalue weighted by molar-refractivity contribution is -0.704. The lowest BCUT2D eigenvalue weighted by Gasteiger charge is -2.07. The smallest absolute Gasteiger partial charge is 0.234 e. The van der Waals surface area contributed by atoms with Crippen molar-refractivity contribution in [2.75, 3.05) is 0 Å². The summed E-state index contributed by atoms with van der Waals surface area (Å²) < 4.78 is 4.98. The van der Waals surface area contributed by atoms with Gasteiger partial charge in [-0.1, -0.05) is 160 Å². The number of hydrogen-bond donors (Lipinski definition) is 0. The maximum absolute atomic E-state index is 2.55. The first-order valence-corrected chi connectivity index (χ1v) is 17.0. The van der Waals surface area contributed by atoms with Crippen LogP contribution in [0.3, 0.4) is 0 Å². The van der Waals surface area contributed by atoms with Crippen molar-refractivity contribution in [1.29, 1.82) is 0 Å². The first-order valence-electron chi connectivity index (χ1n) is 17.0. The number of imidazole rings is 1. The highest BCUT2D eigenvalue weighted by molar-refractivity contribution is 5.31. The molecule has 1 heterocycles. The number of nitrogens with zero attached hydrogens (tertiary/aromatic N) is 2. The van der Waals surface area contributed by atoms with E-state index in [1.807, 2.05) is 0 Å². The Balaban J connectivity index is 1.59. The highest BCUT2D eigenvalue weighted by Gasteiger charge is 2.18. The fraction of sp³-hybridized carbons (Fsp3) is 0.750. The van der Waals surface area contributed by atoms with Crippen molar-refractivity contribution >= 4 is 0 Å². The summed E-state index contributed by atoms with van der Waals surface area (Å²) in [6.07, 6.45) is 38.3. The highest BCUT2D eigenvalue weighted by atomic mass is 15.1. The summed E-state index contributed by atoms with van der Waals surface area (Å²) in [6, 6.07) is 10.9. The molecule has 0 aliphatic rings. The van der Waals surface area contributed by atoms with Crippen molar-refractivity contribution in [1.82, 2.24) is 4.57 Å². The minimum atomic E-state index is 1.17. The van der Waals surface area contributed by atoms with Crippen molar-refractivity contribution in [3.05, 3.63) is 48.5 Å². The SMILES string of the molecule is CCCCCCCCCCCCCCCCCCc1n(-c2ccccc2)cc[n+]1CCCCCCCCC. The van der Waals surface area contributed by atoms with Crippen LogP contribution < -0.4 is 4.57 Å². The number of para-hydroxylation sites is 1. The first kappa shape index (κ1) is 32.6. The van der Waals surface area contributed by atoms with Crippen LogP contribution in [0.4, 0.5) is 0 Å². The second-order valence-electron chi connectivity index (χ2n) is 11.8. The van der Waals surface area contributed by atoms with Gasteiger partial charge in [-0.3, -0.25) is 0 Å². The number of unbranched alkanes of at least 4 members (excludes halogenated alkanes) is 21. The minimum Gasteiger partial charge on any atom is -0.234 e. The van der Waals surface area contributed by atoms with Crippen molar-refractivity contribution in [3.63, 3.8) is 0 Å². The Hall–Kier alpha value is -1.57. The topological polar surface area (TPSA) is 8.81 Å². The zero-order valence-electron chi connectivity index (χ0n) is 25.6. The van der Waals surface area contributed by atoms with Crippen LogP contribution in [0.5, 0.6) is 0 Å². The Morgan fingerprint density at radius 3 is 1.39 bits per heavy atom. The largest absolute Gasteiger partial charge is 0.261 e. The molecule has 2 rings (SSSR count). The summed E-state index contributed by atoms with van der Waals surface area (Å²) in [4.78, 5) is 0. The second-order valence-corrected chi connectivity index (χ2v) is 11.8. The monoisotopic (exact) mass is 523 g/mol. The van der Waals surface area contributed by atoms with Gasteiger partial charge >= 0.3 is 0 Å². The summed E-state index contributed by atoms with van der Waals surface area (Å²) >= 11 is 0. The molecule has 0 bridgehead atoms. The van der Waals surface area contributed by atoms with Crippen LogP contribution in [-0.4, -0.2) is 4.57 Å². The Labute approximate surface area is 237 Å². The average Bonchev–Trinajstić information content (AvgIpc) is 3.35. The van der Waals surface area contributed by atoms with Gasteiger partial charge in [-0.2, -0.15) is 4.57 Å². The zero-order valence-corrected chi connectivity index (χ0v) is 25.6. The molecule has 0 aliphatic heterocycles. The maximum atomic E-state index is 2.55. The fourth-order valence-corrected chi connectivity index (χ4v) is 5.82. The van der Waals surface area contributed by atoms with Crippen LogP contribution in [0.1, 0.15) is 167 Å². The van der Waals surface area contributed by atoms with E-state index >= 15 is 0 Å². The summed E-state index contributed by atoms with van der Waals surface area (Å²) in [5.74, 6) is 1.49. The molecule has 1 aromatic carbocycles. The van der Waals surface area contributed by atoms with E-state index in [-0.39, 0.29) is 0 Å². The second kappa shape index (κ2) is 23.3. The molecule has 2 aromatic rings. The van der Waals surface area contributed by atoms with E-state index in [9.17, 15) is 0 Å². The van der Waals surface area contributed by atoms with Crippen LogP contribution >= 0.6 is 0 Å². The standard InChI is InChI=1S/C36H63N2/c1-3-5-7-9-11-12-13-14-15-16-17-18-19-20-22-27-31-36-37(32-28-23-21-10-8-6-4-2)33-34-38(36)35-29-25-24-26-30-35/h24-26,29-30,33-34H,3-23,27-28,31-32H2,1-2H3/q+1. The van der Waals surface area contributed by atoms with Crippen LogP contribution in [0.2, 0.25) is 0 Å². The van der Waals surface area contributed by atoms with E-state index in [0.717, 1.165) is 0 Å². The molecule has 2 nitrogen and oxygen atoms in total. The summed E-state index contributed by atoms with van der Waals surface area (Å²) in [6.45, 7) is 5.77. The Morgan fingerprint density at radius 2 is 0.921 bits per heavy atom. The Morgan fingerprint density at radius 1 is 0.500 bits per heavy atom. The van der Waals surface area contributed by atoms with Gasteiger partial charge in [0.25, 0.3) is 5.82 Å². The zero-order chi connectivity index (χ0) is 26.9. The molecule has 0 atom stereocenters. The summed E-state index contributed by atoms with van der Waals surface area (Å²) in [5, 5.41) is 0. The van der Waals surface area contributed by atoms with E-state index in [0.29, 0.717) is 0 Å². The molecule has 216 valence electrons. The van der Waals surface area contributed by atoms with E-state index < -0.39 is 0 Å². The summed E-state index contributed by atoms with van der Waals surface area (Å²) in [5.41, 5.74) is 1.30. The van der Waals surface area contributed by atoms with E-state index in [2.05, 4.69) is 65.7 Å². The average molecular weight is 524 g/mol. The molecule has 0 saturated carbocycles. The van der Waals surface area contributed by atoms with Gasteiger partial charge in [0.2, 0.25) is 0 Å². The van der Waals surface area contributed by atoms with E-state index in [1.165, 1.54) is 172 Å².